The van der Waals surface area contributed by atoms with Crippen molar-refractivity contribution < 1.29 is 29.3 Å². The van der Waals surface area contributed by atoms with E-state index in [1.807, 2.05) is 19.9 Å². The molecule has 1 saturated heterocycles. The van der Waals surface area contributed by atoms with Crippen molar-refractivity contribution in [2.45, 2.75) is 77.5 Å². The van der Waals surface area contributed by atoms with E-state index < -0.39 is 41.5 Å². The van der Waals surface area contributed by atoms with E-state index in [9.17, 15) is 19.8 Å². The molecule has 3 aliphatic carbocycles. The molecule has 3 saturated carbocycles. The number of carbonyl (C=O) groups excluding carboxylic acids is 2. The van der Waals surface area contributed by atoms with Gasteiger partial charge in [-0.3, -0.25) is 9.59 Å². The molecule has 0 aromatic heterocycles. The summed E-state index contributed by atoms with van der Waals surface area (Å²) >= 11 is 0. The second-order valence-electron chi connectivity index (χ2n) is 10.00. The monoisotopic (exact) mass is 418 g/mol. The number of hydrogen-bond donors (Lipinski definition) is 2. The van der Waals surface area contributed by atoms with E-state index in [-0.39, 0.29) is 23.5 Å². The molecule has 0 radical (unpaired) electrons. The number of Topliss-reactive ketones (excluding diaryl/α,β-unsaturated/α-hetero) is 1. The molecule has 0 bridgehead atoms. The number of aldehydes is 1. The summed E-state index contributed by atoms with van der Waals surface area (Å²) in [5, 5.41) is 21.3. The molecule has 0 aromatic rings. The molecule has 30 heavy (non-hydrogen) atoms. The summed E-state index contributed by atoms with van der Waals surface area (Å²) in [5.74, 6) is -0.105. The van der Waals surface area contributed by atoms with E-state index in [1.54, 1.807) is 13.0 Å². The van der Waals surface area contributed by atoms with Crippen molar-refractivity contribution in [1.82, 2.24) is 0 Å². The second kappa shape index (κ2) is 7.37. The predicted octanol–water partition coefficient (Wildman–Crippen LogP) is 2.57. The normalized spacial score (nSPS) is 51.6. The van der Waals surface area contributed by atoms with E-state index in [0.717, 1.165) is 24.7 Å². The average molecular weight is 419 g/mol. The number of aliphatic hydroxyl groups is 2. The van der Waals surface area contributed by atoms with E-state index in [4.69, 9.17) is 9.47 Å². The van der Waals surface area contributed by atoms with Crippen LogP contribution < -0.4 is 0 Å². The highest BCUT2D eigenvalue weighted by Crippen LogP contribution is 2.69. The van der Waals surface area contributed by atoms with Crippen LogP contribution in [0.3, 0.4) is 0 Å². The molecule has 1 heterocycles. The summed E-state index contributed by atoms with van der Waals surface area (Å²) in [6.07, 6.45) is 7.74. The van der Waals surface area contributed by atoms with Crippen molar-refractivity contribution in [3.05, 3.63) is 23.8 Å². The maximum Gasteiger partial charge on any atom is 0.193 e. The predicted molar refractivity (Wildman–Crippen MR) is 110 cm³/mol. The Labute approximate surface area is 178 Å². The average Bonchev–Trinajstić information content (AvgIpc) is 3.14. The highest BCUT2D eigenvalue weighted by Gasteiger charge is 2.75. The number of hydrogen-bond acceptors (Lipinski definition) is 6. The van der Waals surface area contributed by atoms with Gasteiger partial charge in [0.2, 0.25) is 0 Å². The minimum Gasteiger partial charge on any atom is -0.393 e. The van der Waals surface area contributed by atoms with Gasteiger partial charge in [0.05, 0.1) is 12.2 Å². The molecule has 2 N–H and O–H groups in total. The van der Waals surface area contributed by atoms with Crippen LogP contribution in [-0.2, 0) is 19.1 Å². The van der Waals surface area contributed by atoms with Crippen LogP contribution in [0.5, 0.6) is 0 Å². The quantitative estimate of drug-likeness (QED) is 0.414. The molecule has 166 valence electrons. The van der Waals surface area contributed by atoms with Crippen LogP contribution in [-0.4, -0.2) is 53.0 Å². The number of ketones is 1. The van der Waals surface area contributed by atoms with Gasteiger partial charge in [-0.05, 0) is 57.4 Å². The maximum absolute atomic E-state index is 13.1. The first-order chi connectivity index (χ1) is 14.2. The fourth-order valence-electron chi connectivity index (χ4n) is 7.85. The van der Waals surface area contributed by atoms with Gasteiger partial charge >= 0.3 is 0 Å². The first kappa shape index (κ1) is 21.9. The molecule has 6 heteroatoms. The molecule has 4 rings (SSSR count). The number of allylic oxidation sites excluding steroid dienone is 4. The van der Waals surface area contributed by atoms with Crippen LogP contribution in [0.2, 0.25) is 0 Å². The zero-order valence-electron chi connectivity index (χ0n) is 18.3. The lowest BCUT2D eigenvalue weighted by molar-refractivity contribution is -0.197. The summed E-state index contributed by atoms with van der Waals surface area (Å²) in [4.78, 5) is 24.4. The smallest absolute Gasteiger partial charge is 0.193 e. The Morgan fingerprint density at radius 2 is 2.07 bits per heavy atom. The number of carbonyl (C=O) groups is 2. The van der Waals surface area contributed by atoms with Gasteiger partial charge in [-0.25, -0.2) is 0 Å². The Balaban J connectivity index is 1.80. The van der Waals surface area contributed by atoms with E-state index in [2.05, 4.69) is 13.0 Å². The van der Waals surface area contributed by atoms with Gasteiger partial charge in [0.15, 0.2) is 17.7 Å². The number of rotatable bonds is 4. The van der Waals surface area contributed by atoms with Crippen LogP contribution >= 0.6 is 0 Å². The van der Waals surface area contributed by atoms with Crippen molar-refractivity contribution in [3.63, 3.8) is 0 Å². The van der Waals surface area contributed by atoms with Gasteiger partial charge in [0, 0.05) is 16.7 Å². The fraction of sp³-hybridized carbons (Fsp3) is 0.750. The standard InChI is InChI=1S/C24H34O6/c1-5-9-22(3)15(8-10-25)6-7-16-17-11-20-24(19(28)13-26,30-14(2)29-20)23(17,4)12-18(27)21(16)22/h5,8-10,14,16-18,20-21,26-27H,6-7,11-13H2,1-4H3/b9-5-,15-8-/t14?,16?,17-,18?,20?,21+,22?,23?,24?/m0/s1. The Hall–Kier alpha value is -1.34. The minimum absolute atomic E-state index is 0.0516. The summed E-state index contributed by atoms with van der Waals surface area (Å²) in [6.45, 7) is 7.30. The lowest BCUT2D eigenvalue weighted by Gasteiger charge is -2.59. The Morgan fingerprint density at radius 3 is 2.70 bits per heavy atom. The van der Waals surface area contributed by atoms with Crippen molar-refractivity contribution in [2.24, 2.45) is 28.6 Å². The van der Waals surface area contributed by atoms with Gasteiger partial charge in [-0.1, -0.05) is 31.6 Å². The van der Waals surface area contributed by atoms with Crippen LogP contribution in [0.25, 0.3) is 0 Å². The molecule has 0 aromatic carbocycles. The lowest BCUT2D eigenvalue weighted by atomic mass is 9.46. The Bertz CT molecular complexity index is 789. The highest BCUT2D eigenvalue weighted by atomic mass is 16.7. The lowest BCUT2D eigenvalue weighted by Crippen LogP contribution is -2.63. The number of ether oxygens (including phenoxy) is 2. The van der Waals surface area contributed by atoms with Gasteiger partial charge in [0.1, 0.15) is 12.9 Å². The summed E-state index contributed by atoms with van der Waals surface area (Å²) < 4.78 is 12.2. The SMILES string of the molecule is C/C=C\C1(C)/C(=C\C=O)CCC2[C@@H]1C(O)CC1(C)[C@H]2CC2OC(C)OC21C(=O)CO. The van der Waals surface area contributed by atoms with Crippen LogP contribution in [0.1, 0.15) is 53.4 Å². The molecule has 1 aliphatic heterocycles. The maximum atomic E-state index is 13.1. The first-order valence-electron chi connectivity index (χ1n) is 11.1. The van der Waals surface area contributed by atoms with E-state index >= 15 is 0 Å². The third kappa shape index (κ3) is 2.63. The third-order valence-corrected chi connectivity index (χ3v) is 8.79. The van der Waals surface area contributed by atoms with Crippen LogP contribution in [0, 0.1) is 28.6 Å². The van der Waals surface area contributed by atoms with Crippen molar-refractivity contribution in [3.8, 4) is 0 Å². The molecule has 6 nitrogen and oxygen atoms in total. The summed E-state index contributed by atoms with van der Waals surface area (Å²) in [6, 6.07) is 0. The van der Waals surface area contributed by atoms with Gasteiger partial charge in [-0.2, -0.15) is 0 Å². The second-order valence-corrected chi connectivity index (χ2v) is 10.00. The molecule has 0 spiro atoms. The van der Waals surface area contributed by atoms with Crippen LogP contribution in [0.15, 0.2) is 23.8 Å². The number of fused-ring (bicyclic) bond motifs is 5. The third-order valence-electron chi connectivity index (χ3n) is 8.79. The molecule has 4 fully saturated rings. The zero-order valence-corrected chi connectivity index (χ0v) is 18.3. The molecular weight excluding hydrogens is 384 g/mol. The number of aliphatic hydroxyl groups excluding tert-OH is 2. The van der Waals surface area contributed by atoms with Crippen LogP contribution in [0.4, 0.5) is 0 Å². The molecule has 7 unspecified atom stereocenters. The van der Waals surface area contributed by atoms with Gasteiger partial charge < -0.3 is 19.7 Å². The van der Waals surface area contributed by atoms with Gasteiger partial charge in [-0.15, -0.1) is 0 Å². The highest BCUT2D eigenvalue weighted by molar-refractivity contribution is 5.91. The largest absolute Gasteiger partial charge is 0.393 e. The van der Waals surface area contributed by atoms with Crippen molar-refractivity contribution in [1.29, 1.82) is 0 Å². The van der Waals surface area contributed by atoms with Crippen molar-refractivity contribution >= 4 is 12.1 Å². The zero-order chi connectivity index (χ0) is 21.9. The molecule has 0 amide bonds. The first-order valence-corrected chi connectivity index (χ1v) is 11.1. The topological polar surface area (TPSA) is 93.1 Å². The fourth-order valence-corrected chi connectivity index (χ4v) is 7.85. The van der Waals surface area contributed by atoms with Gasteiger partial charge in [0.25, 0.3) is 0 Å². The Morgan fingerprint density at radius 1 is 1.33 bits per heavy atom. The molecular formula is C24H34O6. The minimum atomic E-state index is -1.21. The van der Waals surface area contributed by atoms with E-state index in [0.29, 0.717) is 12.8 Å². The Kier molecular flexibility index (Phi) is 5.37. The molecule has 9 atom stereocenters. The van der Waals surface area contributed by atoms with Crippen molar-refractivity contribution in [2.75, 3.05) is 6.61 Å². The van der Waals surface area contributed by atoms with E-state index in [1.165, 1.54) is 0 Å². The summed E-state index contributed by atoms with van der Waals surface area (Å²) in [7, 11) is 0. The summed E-state index contributed by atoms with van der Waals surface area (Å²) in [5.41, 5.74) is -1.20. The molecule has 4 aliphatic rings.